The first kappa shape index (κ1) is 14.5. The minimum Gasteiger partial charge on any atom is -0.496 e. The van der Waals surface area contributed by atoms with Gasteiger partial charge in [0.05, 0.1) is 7.11 Å². The van der Waals surface area contributed by atoms with Crippen LogP contribution >= 0.6 is 15.9 Å². The molecule has 0 aromatic heterocycles. The lowest BCUT2D eigenvalue weighted by Crippen LogP contribution is -2.00. The zero-order valence-electron chi connectivity index (χ0n) is 10.1. The second-order valence-corrected chi connectivity index (χ2v) is 4.83. The first-order chi connectivity index (χ1) is 8.22. The third kappa shape index (κ3) is 4.30. The van der Waals surface area contributed by atoms with Crippen LogP contribution in [0.4, 0.5) is 0 Å². The molecule has 96 valence electrons. The van der Waals surface area contributed by atoms with Crippen molar-refractivity contribution >= 4 is 15.9 Å². The highest BCUT2D eigenvalue weighted by Gasteiger charge is 2.10. The number of aryl methyl sites for hydroxylation is 2. The van der Waals surface area contributed by atoms with Gasteiger partial charge in [-0.05, 0) is 48.9 Å². The quantitative estimate of drug-likeness (QED) is 0.812. The number of benzene rings is 1. The molecule has 1 aromatic carbocycles. The Morgan fingerprint density at radius 2 is 1.53 bits per heavy atom. The predicted molar refractivity (Wildman–Crippen MR) is 71.5 cm³/mol. The third-order valence-corrected chi connectivity index (χ3v) is 3.08. The van der Waals surface area contributed by atoms with Gasteiger partial charge in [0.1, 0.15) is 5.75 Å². The second-order valence-electron chi connectivity index (χ2n) is 3.91. The standard InChI is InChI=1S/C13H19BrO3/c1-17-13-10(4-2-6-15)8-12(14)9-11(13)5-3-7-16/h8-9,15-16H,2-7H2,1H3. The molecule has 0 atom stereocenters. The van der Waals surface area contributed by atoms with Crippen LogP contribution in [-0.4, -0.2) is 30.5 Å². The summed E-state index contributed by atoms with van der Waals surface area (Å²) >= 11 is 3.48. The number of hydrogen-bond acceptors (Lipinski definition) is 3. The minimum atomic E-state index is 0.182. The van der Waals surface area contributed by atoms with Crippen molar-refractivity contribution in [1.29, 1.82) is 0 Å². The third-order valence-electron chi connectivity index (χ3n) is 2.62. The van der Waals surface area contributed by atoms with E-state index in [2.05, 4.69) is 15.9 Å². The summed E-state index contributed by atoms with van der Waals surface area (Å²) in [7, 11) is 1.66. The van der Waals surface area contributed by atoms with Crippen LogP contribution in [0.2, 0.25) is 0 Å². The van der Waals surface area contributed by atoms with Gasteiger partial charge >= 0.3 is 0 Å². The van der Waals surface area contributed by atoms with Gasteiger partial charge in [-0.25, -0.2) is 0 Å². The smallest absolute Gasteiger partial charge is 0.125 e. The van der Waals surface area contributed by atoms with Gasteiger partial charge in [0.15, 0.2) is 0 Å². The van der Waals surface area contributed by atoms with E-state index in [1.54, 1.807) is 7.11 Å². The number of methoxy groups -OCH3 is 1. The Hall–Kier alpha value is -0.580. The number of aliphatic hydroxyl groups is 2. The molecule has 4 heteroatoms. The normalized spacial score (nSPS) is 10.6. The zero-order chi connectivity index (χ0) is 12.7. The molecule has 3 nitrogen and oxygen atoms in total. The first-order valence-electron chi connectivity index (χ1n) is 5.80. The van der Waals surface area contributed by atoms with Crippen molar-refractivity contribution in [1.82, 2.24) is 0 Å². The molecule has 0 aliphatic rings. The Kier molecular flexibility index (Phi) is 6.55. The van der Waals surface area contributed by atoms with Crippen LogP contribution in [0.25, 0.3) is 0 Å². The number of rotatable bonds is 7. The highest BCUT2D eigenvalue weighted by atomic mass is 79.9. The van der Waals surface area contributed by atoms with E-state index in [0.29, 0.717) is 0 Å². The highest BCUT2D eigenvalue weighted by Crippen LogP contribution is 2.30. The Morgan fingerprint density at radius 3 is 1.88 bits per heavy atom. The Labute approximate surface area is 111 Å². The van der Waals surface area contributed by atoms with E-state index >= 15 is 0 Å². The van der Waals surface area contributed by atoms with Crippen LogP contribution < -0.4 is 4.74 Å². The van der Waals surface area contributed by atoms with Gasteiger partial charge < -0.3 is 14.9 Å². The maximum Gasteiger partial charge on any atom is 0.125 e. The van der Waals surface area contributed by atoms with Crippen molar-refractivity contribution in [3.05, 3.63) is 27.7 Å². The van der Waals surface area contributed by atoms with E-state index in [0.717, 1.165) is 47.0 Å². The molecule has 0 saturated carbocycles. The molecule has 0 unspecified atom stereocenters. The molecular formula is C13H19BrO3. The van der Waals surface area contributed by atoms with E-state index in [1.165, 1.54) is 0 Å². The summed E-state index contributed by atoms with van der Waals surface area (Å²) in [6, 6.07) is 4.05. The first-order valence-corrected chi connectivity index (χ1v) is 6.59. The van der Waals surface area contributed by atoms with Crippen LogP contribution in [-0.2, 0) is 12.8 Å². The fourth-order valence-electron chi connectivity index (χ4n) is 1.88. The summed E-state index contributed by atoms with van der Waals surface area (Å²) in [6.45, 7) is 0.364. The van der Waals surface area contributed by atoms with Gasteiger partial charge in [-0.1, -0.05) is 15.9 Å². The minimum absolute atomic E-state index is 0.182. The van der Waals surface area contributed by atoms with Crippen LogP contribution in [0.1, 0.15) is 24.0 Å². The van der Waals surface area contributed by atoms with Crippen LogP contribution in [0.15, 0.2) is 16.6 Å². The molecule has 0 aliphatic heterocycles. The number of ether oxygens (including phenoxy) is 1. The molecule has 0 radical (unpaired) electrons. The molecule has 1 rings (SSSR count). The lowest BCUT2D eigenvalue weighted by Gasteiger charge is -2.14. The van der Waals surface area contributed by atoms with Crippen molar-refractivity contribution in [3.63, 3.8) is 0 Å². The second kappa shape index (κ2) is 7.69. The molecule has 1 aromatic rings. The molecule has 17 heavy (non-hydrogen) atoms. The lowest BCUT2D eigenvalue weighted by atomic mass is 10.0. The Bertz CT molecular complexity index is 324. The Morgan fingerprint density at radius 1 is 1.06 bits per heavy atom. The molecular weight excluding hydrogens is 284 g/mol. The maximum atomic E-state index is 8.89. The molecule has 0 fully saturated rings. The predicted octanol–water partition coefficient (Wildman–Crippen LogP) is 2.31. The molecule has 0 aliphatic carbocycles. The average Bonchev–Trinajstić information content (AvgIpc) is 2.33. The van der Waals surface area contributed by atoms with Gasteiger partial charge in [-0.3, -0.25) is 0 Å². The van der Waals surface area contributed by atoms with Crippen LogP contribution in [0.5, 0.6) is 5.75 Å². The van der Waals surface area contributed by atoms with E-state index in [-0.39, 0.29) is 13.2 Å². The van der Waals surface area contributed by atoms with Gasteiger partial charge in [0, 0.05) is 17.7 Å². The van der Waals surface area contributed by atoms with Crippen LogP contribution in [0, 0.1) is 0 Å². The average molecular weight is 303 g/mol. The van der Waals surface area contributed by atoms with Crippen molar-refractivity contribution in [2.24, 2.45) is 0 Å². The molecule has 0 heterocycles. The Balaban J connectivity index is 2.97. The van der Waals surface area contributed by atoms with Crippen molar-refractivity contribution in [3.8, 4) is 5.75 Å². The van der Waals surface area contributed by atoms with Gasteiger partial charge in [0.2, 0.25) is 0 Å². The van der Waals surface area contributed by atoms with Crippen molar-refractivity contribution < 1.29 is 14.9 Å². The molecule has 2 N–H and O–H groups in total. The zero-order valence-corrected chi connectivity index (χ0v) is 11.7. The van der Waals surface area contributed by atoms with Crippen molar-refractivity contribution in [2.45, 2.75) is 25.7 Å². The number of hydrogen-bond donors (Lipinski definition) is 2. The fraction of sp³-hybridized carbons (Fsp3) is 0.538. The van der Waals surface area contributed by atoms with E-state index < -0.39 is 0 Å². The largest absolute Gasteiger partial charge is 0.496 e. The van der Waals surface area contributed by atoms with Gasteiger partial charge in [-0.2, -0.15) is 0 Å². The maximum absolute atomic E-state index is 8.89. The summed E-state index contributed by atoms with van der Waals surface area (Å²) in [5, 5.41) is 17.8. The van der Waals surface area contributed by atoms with Crippen LogP contribution in [0.3, 0.4) is 0 Å². The summed E-state index contributed by atoms with van der Waals surface area (Å²) in [5.41, 5.74) is 2.20. The van der Waals surface area contributed by atoms with Crippen molar-refractivity contribution in [2.75, 3.05) is 20.3 Å². The van der Waals surface area contributed by atoms with Gasteiger partial charge in [-0.15, -0.1) is 0 Å². The monoisotopic (exact) mass is 302 g/mol. The van der Waals surface area contributed by atoms with E-state index in [4.69, 9.17) is 14.9 Å². The number of aliphatic hydroxyl groups excluding tert-OH is 2. The van der Waals surface area contributed by atoms with E-state index in [1.807, 2.05) is 12.1 Å². The highest BCUT2D eigenvalue weighted by molar-refractivity contribution is 9.10. The van der Waals surface area contributed by atoms with Gasteiger partial charge in [0.25, 0.3) is 0 Å². The van der Waals surface area contributed by atoms with E-state index in [9.17, 15) is 0 Å². The lowest BCUT2D eigenvalue weighted by molar-refractivity contribution is 0.286. The molecule has 0 bridgehead atoms. The fourth-order valence-corrected chi connectivity index (χ4v) is 2.44. The molecule has 0 saturated heterocycles. The summed E-state index contributed by atoms with van der Waals surface area (Å²) in [6.07, 6.45) is 3.05. The topological polar surface area (TPSA) is 49.7 Å². The summed E-state index contributed by atoms with van der Waals surface area (Å²) < 4.78 is 6.45. The number of halogens is 1. The summed E-state index contributed by atoms with van der Waals surface area (Å²) in [5.74, 6) is 0.884. The molecule has 0 spiro atoms. The SMILES string of the molecule is COc1c(CCCO)cc(Br)cc1CCCO. The molecule has 0 amide bonds. The summed E-state index contributed by atoms with van der Waals surface area (Å²) in [4.78, 5) is 0.